The number of hydrogen-bond acceptors (Lipinski definition) is 7. The van der Waals surface area contributed by atoms with Gasteiger partial charge in [-0.15, -0.1) is 5.10 Å². The Morgan fingerprint density at radius 1 is 1.00 bits per heavy atom. The number of nitrogens with one attached hydrogen (secondary N) is 2. The normalized spacial score (nSPS) is 15.0. The molecule has 12 heteroatoms. The lowest BCUT2D eigenvalue weighted by Crippen LogP contribution is -2.25. The van der Waals surface area contributed by atoms with E-state index in [9.17, 15) is 13.6 Å². The fourth-order valence-corrected chi connectivity index (χ4v) is 4.67. The molecule has 0 spiro atoms. The summed E-state index contributed by atoms with van der Waals surface area (Å²) in [4.78, 5) is 19.1. The maximum absolute atomic E-state index is 14.5. The molecule has 4 aromatic rings. The average Bonchev–Trinajstić information content (AvgIpc) is 3.56. The zero-order chi connectivity index (χ0) is 26.8. The number of imidazole rings is 1. The second-order valence-corrected chi connectivity index (χ2v) is 8.62. The summed E-state index contributed by atoms with van der Waals surface area (Å²) >= 11 is 0. The Morgan fingerprint density at radius 2 is 1.76 bits per heavy atom. The topological polar surface area (TPSA) is 102 Å². The number of benzene rings is 2. The Hall–Kier alpha value is -4.61. The van der Waals surface area contributed by atoms with Crippen molar-refractivity contribution in [3.05, 3.63) is 65.9 Å². The Balaban J connectivity index is 1.39. The van der Waals surface area contributed by atoms with Crippen LogP contribution in [-0.4, -0.2) is 48.5 Å². The highest BCUT2D eigenvalue weighted by Crippen LogP contribution is 2.40. The first-order chi connectivity index (χ1) is 18.4. The summed E-state index contributed by atoms with van der Waals surface area (Å²) < 4.78 is 45.9. The monoisotopic (exact) mass is 524 g/mol. The average molecular weight is 525 g/mol. The number of amides is 2. The number of urea groups is 1. The lowest BCUT2D eigenvalue weighted by atomic mass is 10.0. The molecular formula is C26H26F2N6O4. The van der Waals surface area contributed by atoms with Crippen molar-refractivity contribution in [3.63, 3.8) is 0 Å². The third-order valence-corrected chi connectivity index (χ3v) is 6.38. The van der Waals surface area contributed by atoms with Gasteiger partial charge in [-0.2, -0.15) is 4.52 Å². The van der Waals surface area contributed by atoms with Gasteiger partial charge in [0.15, 0.2) is 23.0 Å². The maximum atomic E-state index is 14.5. The van der Waals surface area contributed by atoms with Crippen molar-refractivity contribution in [1.82, 2.24) is 14.6 Å². The molecule has 2 N–H and O–H groups in total. The number of rotatable bonds is 7. The zero-order valence-electron chi connectivity index (χ0n) is 21.0. The maximum Gasteiger partial charge on any atom is 0.324 e. The summed E-state index contributed by atoms with van der Waals surface area (Å²) in [7, 11) is 4.46. The molecule has 1 saturated heterocycles. The molecule has 0 radical (unpaired) electrons. The van der Waals surface area contributed by atoms with E-state index in [2.05, 4.69) is 20.7 Å². The van der Waals surface area contributed by atoms with E-state index in [1.807, 2.05) is 4.90 Å². The minimum atomic E-state index is -0.547. The van der Waals surface area contributed by atoms with Crippen LogP contribution < -0.4 is 29.7 Å². The van der Waals surface area contributed by atoms with Gasteiger partial charge in [-0.05, 0) is 43.2 Å². The summed E-state index contributed by atoms with van der Waals surface area (Å²) in [6.07, 6.45) is 2.94. The van der Waals surface area contributed by atoms with Crippen molar-refractivity contribution in [1.29, 1.82) is 0 Å². The summed E-state index contributed by atoms with van der Waals surface area (Å²) in [6, 6.07) is 9.30. The van der Waals surface area contributed by atoms with Crippen LogP contribution in [0.3, 0.4) is 0 Å². The van der Waals surface area contributed by atoms with Crippen LogP contribution in [0.1, 0.15) is 24.4 Å². The smallest absolute Gasteiger partial charge is 0.324 e. The van der Waals surface area contributed by atoms with Gasteiger partial charge in [0, 0.05) is 24.2 Å². The van der Waals surface area contributed by atoms with Crippen molar-refractivity contribution in [3.8, 4) is 17.2 Å². The Kier molecular flexibility index (Phi) is 6.86. The van der Waals surface area contributed by atoms with Crippen LogP contribution in [0.4, 0.5) is 30.9 Å². The summed E-state index contributed by atoms with van der Waals surface area (Å²) in [5.74, 6) is 1.09. The number of methoxy groups -OCH3 is 3. The first kappa shape index (κ1) is 25.1. The highest BCUT2D eigenvalue weighted by Gasteiger charge is 2.30. The van der Waals surface area contributed by atoms with Crippen LogP contribution in [0.15, 0.2) is 48.7 Å². The molecule has 1 aliphatic heterocycles. The van der Waals surface area contributed by atoms with Crippen molar-refractivity contribution in [2.24, 2.45) is 0 Å². The standard InChI is InChI=1S/C26H26F2N6O4/c1-36-20-12-16(13-21(37-2)25(20)38-3)30-26(35)31-24-14-29-22-8-9-23(32-34(22)24)33-10-4-5-19(33)17-11-15(27)6-7-18(17)28/h6-9,11-14,19H,4-5,10H2,1-3H3,(H2,30,31,35). The minimum Gasteiger partial charge on any atom is -0.493 e. The number of nitrogens with zero attached hydrogens (tertiary/aromatic N) is 4. The van der Waals surface area contributed by atoms with Crippen molar-refractivity contribution in [2.75, 3.05) is 43.4 Å². The molecule has 10 nitrogen and oxygen atoms in total. The molecule has 1 unspecified atom stereocenters. The lowest BCUT2D eigenvalue weighted by molar-refractivity contribution is 0.262. The van der Waals surface area contributed by atoms with Crippen LogP contribution in [0.2, 0.25) is 0 Å². The fraction of sp³-hybridized carbons (Fsp3) is 0.269. The highest BCUT2D eigenvalue weighted by atomic mass is 19.1. The molecule has 198 valence electrons. The largest absolute Gasteiger partial charge is 0.493 e. The summed E-state index contributed by atoms with van der Waals surface area (Å²) in [5.41, 5.74) is 1.21. The molecule has 2 aromatic heterocycles. The lowest BCUT2D eigenvalue weighted by Gasteiger charge is -2.26. The highest BCUT2D eigenvalue weighted by molar-refractivity contribution is 5.99. The molecule has 1 aliphatic rings. The first-order valence-corrected chi connectivity index (χ1v) is 11.9. The predicted octanol–water partition coefficient (Wildman–Crippen LogP) is 5.02. The van der Waals surface area contributed by atoms with Crippen LogP contribution >= 0.6 is 0 Å². The molecule has 5 rings (SSSR count). The third-order valence-electron chi connectivity index (χ3n) is 6.38. The van der Waals surface area contributed by atoms with Crippen molar-refractivity contribution >= 4 is 29.0 Å². The quantitative estimate of drug-likeness (QED) is 0.350. The van der Waals surface area contributed by atoms with E-state index in [-0.39, 0.29) is 11.6 Å². The van der Waals surface area contributed by atoms with Gasteiger partial charge < -0.3 is 24.4 Å². The molecule has 0 aliphatic carbocycles. The number of carbonyl (C=O) groups excluding carboxylic acids is 1. The summed E-state index contributed by atoms with van der Waals surface area (Å²) in [6.45, 7) is 0.623. The van der Waals surface area contributed by atoms with Crippen LogP contribution in [-0.2, 0) is 0 Å². The van der Waals surface area contributed by atoms with E-state index in [0.717, 1.165) is 18.6 Å². The van der Waals surface area contributed by atoms with Gasteiger partial charge in [0.05, 0.1) is 39.3 Å². The number of aromatic nitrogens is 3. The minimum absolute atomic E-state index is 0.290. The second-order valence-electron chi connectivity index (χ2n) is 8.62. The number of halogens is 2. The number of hydrogen-bond donors (Lipinski definition) is 2. The molecule has 2 amide bonds. The van der Waals surface area contributed by atoms with Gasteiger partial charge in [-0.3, -0.25) is 5.32 Å². The van der Waals surface area contributed by atoms with Crippen molar-refractivity contribution in [2.45, 2.75) is 18.9 Å². The van der Waals surface area contributed by atoms with E-state index in [1.165, 1.54) is 38.1 Å². The SMILES string of the molecule is COc1cc(NC(=O)Nc2cnc3ccc(N4CCCC4c4cc(F)ccc4F)nn23)cc(OC)c1OC. The molecule has 0 saturated carbocycles. The second kappa shape index (κ2) is 10.4. The number of anilines is 3. The number of carbonyl (C=O) groups is 1. The van der Waals surface area contributed by atoms with E-state index in [1.54, 1.807) is 24.3 Å². The molecule has 38 heavy (non-hydrogen) atoms. The van der Waals surface area contributed by atoms with Crippen LogP contribution in [0.25, 0.3) is 5.65 Å². The van der Waals surface area contributed by atoms with Crippen LogP contribution in [0.5, 0.6) is 17.2 Å². The molecule has 1 atom stereocenters. The molecule has 1 fully saturated rings. The van der Waals surface area contributed by atoms with Crippen LogP contribution in [0, 0.1) is 11.6 Å². The van der Waals surface area contributed by atoms with E-state index >= 15 is 0 Å². The summed E-state index contributed by atoms with van der Waals surface area (Å²) in [5, 5.41) is 10.1. The van der Waals surface area contributed by atoms with Gasteiger partial charge in [0.2, 0.25) is 5.75 Å². The van der Waals surface area contributed by atoms with E-state index in [0.29, 0.717) is 53.2 Å². The Bertz CT molecular complexity index is 1470. The zero-order valence-corrected chi connectivity index (χ0v) is 21.0. The van der Waals surface area contributed by atoms with Gasteiger partial charge in [-0.1, -0.05) is 0 Å². The molecule has 2 aromatic carbocycles. The van der Waals surface area contributed by atoms with Gasteiger partial charge in [-0.25, -0.2) is 18.6 Å². The predicted molar refractivity (Wildman–Crippen MR) is 137 cm³/mol. The number of ether oxygens (including phenoxy) is 3. The number of fused-ring (bicyclic) bond motifs is 1. The van der Waals surface area contributed by atoms with Gasteiger partial charge >= 0.3 is 6.03 Å². The van der Waals surface area contributed by atoms with E-state index in [4.69, 9.17) is 14.2 Å². The molecule has 3 heterocycles. The first-order valence-electron chi connectivity index (χ1n) is 11.9. The van der Waals surface area contributed by atoms with Gasteiger partial charge in [0.1, 0.15) is 17.5 Å². The van der Waals surface area contributed by atoms with Gasteiger partial charge in [0.25, 0.3) is 0 Å². The fourth-order valence-electron chi connectivity index (χ4n) is 4.67. The Labute approximate surface area is 217 Å². The molecular weight excluding hydrogens is 498 g/mol. The van der Waals surface area contributed by atoms with E-state index < -0.39 is 17.7 Å². The third kappa shape index (κ3) is 4.72. The Morgan fingerprint density at radius 3 is 2.47 bits per heavy atom. The van der Waals surface area contributed by atoms with Crippen molar-refractivity contribution < 1.29 is 27.8 Å². The molecule has 0 bridgehead atoms.